The second-order valence-electron chi connectivity index (χ2n) is 4.98. The minimum atomic E-state index is -3.53. The zero-order valence-electron chi connectivity index (χ0n) is 11.5. The Balaban J connectivity index is 1.89. The number of nitrogens with one attached hydrogen (secondary N) is 1. The van der Waals surface area contributed by atoms with E-state index in [2.05, 4.69) is 14.6 Å². The minimum absolute atomic E-state index is 0.316. The quantitative estimate of drug-likeness (QED) is 0.940. The lowest BCUT2D eigenvalue weighted by atomic mass is 10.1. The van der Waals surface area contributed by atoms with Gasteiger partial charge < -0.3 is 4.90 Å². The van der Waals surface area contributed by atoms with Crippen molar-refractivity contribution in [2.24, 2.45) is 0 Å². The van der Waals surface area contributed by atoms with Crippen molar-refractivity contribution in [3.8, 4) is 0 Å². The number of hydrogen-bond donors (Lipinski definition) is 1. The van der Waals surface area contributed by atoms with Crippen molar-refractivity contribution in [1.29, 1.82) is 0 Å². The number of rotatable bonds is 4. The Bertz CT molecular complexity index is 693. The molecule has 1 saturated heterocycles. The molecule has 0 unspecified atom stereocenters. The van der Waals surface area contributed by atoms with Crippen LogP contribution in [-0.2, 0) is 10.0 Å². The third-order valence-electron chi connectivity index (χ3n) is 3.50. The van der Waals surface area contributed by atoms with E-state index in [1.807, 2.05) is 6.07 Å². The maximum atomic E-state index is 12.4. The van der Waals surface area contributed by atoms with Crippen LogP contribution in [0.25, 0.3) is 0 Å². The predicted molar refractivity (Wildman–Crippen MR) is 85.4 cm³/mol. The number of sulfonamides is 1. The second-order valence-corrected chi connectivity index (χ2v) is 7.84. The Morgan fingerprint density at radius 3 is 2.71 bits per heavy atom. The average Bonchev–Trinajstić information content (AvgIpc) is 3.03. The van der Waals surface area contributed by atoms with Gasteiger partial charge >= 0.3 is 0 Å². The number of piperidine rings is 1. The fourth-order valence-corrected chi connectivity index (χ4v) is 4.54. The highest BCUT2D eigenvalue weighted by molar-refractivity contribution is 7.94. The maximum Gasteiger partial charge on any atom is 0.271 e. The number of thiophene rings is 1. The van der Waals surface area contributed by atoms with Crippen LogP contribution in [0.5, 0.6) is 0 Å². The molecule has 1 N–H and O–H groups in total. The highest BCUT2D eigenvalue weighted by Crippen LogP contribution is 2.30. The van der Waals surface area contributed by atoms with E-state index < -0.39 is 10.0 Å². The summed E-state index contributed by atoms with van der Waals surface area (Å²) in [5, 5.41) is 1.75. The SMILES string of the molecule is O=S(=O)(Nc1cnccc1N1CCCCC1)c1cccs1. The molecule has 0 amide bonds. The van der Waals surface area contributed by atoms with E-state index in [9.17, 15) is 8.42 Å². The molecule has 21 heavy (non-hydrogen) atoms. The molecule has 0 aromatic carbocycles. The van der Waals surface area contributed by atoms with Crippen LogP contribution in [0.3, 0.4) is 0 Å². The monoisotopic (exact) mass is 323 g/mol. The first-order valence-electron chi connectivity index (χ1n) is 6.92. The molecule has 3 rings (SSSR count). The van der Waals surface area contributed by atoms with Crippen LogP contribution in [0.2, 0.25) is 0 Å². The van der Waals surface area contributed by atoms with Crippen molar-refractivity contribution < 1.29 is 8.42 Å². The van der Waals surface area contributed by atoms with E-state index in [1.54, 1.807) is 29.9 Å². The Morgan fingerprint density at radius 1 is 1.19 bits per heavy atom. The van der Waals surface area contributed by atoms with Crippen molar-refractivity contribution in [2.75, 3.05) is 22.7 Å². The summed E-state index contributed by atoms with van der Waals surface area (Å²) in [4.78, 5) is 6.28. The molecule has 2 aromatic heterocycles. The highest BCUT2D eigenvalue weighted by atomic mass is 32.2. The summed E-state index contributed by atoms with van der Waals surface area (Å²) in [7, 11) is -3.53. The third kappa shape index (κ3) is 3.19. The second kappa shape index (κ2) is 6.03. The van der Waals surface area contributed by atoms with E-state index in [-0.39, 0.29) is 0 Å². The molecule has 0 aliphatic carbocycles. The van der Waals surface area contributed by atoms with Crippen molar-refractivity contribution in [1.82, 2.24) is 4.98 Å². The molecule has 5 nitrogen and oxygen atoms in total. The molecule has 3 heterocycles. The van der Waals surface area contributed by atoms with E-state index in [0.717, 1.165) is 31.6 Å². The maximum absolute atomic E-state index is 12.4. The fourth-order valence-electron chi connectivity index (χ4n) is 2.49. The Hall–Kier alpha value is -1.60. The van der Waals surface area contributed by atoms with Gasteiger partial charge in [-0.1, -0.05) is 6.07 Å². The first-order valence-corrected chi connectivity index (χ1v) is 9.28. The number of nitrogens with zero attached hydrogens (tertiary/aromatic N) is 2. The summed E-state index contributed by atoms with van der Waals surface area (Å²) in [6, 6.07) is 5.20. The van der Waals surface area contributed by atoms with Gasteiger partial charge in [0.15, 0.2) is 0 Å². The largest absolute Gasteiger partial charge is 0.370 e. The minimum Gasteiger partial charge on any atom is -0.370 e. The smallest absolute Gasteiger partial charge is 0.271 e. The molecule has 0 atom stereocenters. The standard InChI is InChI=1S/C14H17N3O2S2/c18-21(19,14-5-4-10-20-14)16-12-11-15-7-6-13(12)17-8-2-1-3-9-17/h4-7,10-11,16H,1-3,8-9H2. The van der Waals surface area contributed by atoms with Crippen LogP contribution >= 0.6 is 11.3 Å². The van der Waals surface area contributed by atoms with Gasteiger partial charge in [0.05, 0.1) is 17.6 Å². The lowest BCUT2D eigenvalue weighted by Crippen LogP contribution is -2.30. The van der Waals surface area contributed by atoms with E-state index in [0.29, 0.717) is 9.90 Å². The van der Waals surface area contributed by atoms with Gasteiger partial charge in [0.1, 0.15) is 4.21 Å². The number of pyridine rings is 1. The average molecular weight is 323 g/mol. The number of aromatic nitrogens is 1. The fraction of sp³-hybridized carbons (Fsp3) is 0.357. The molecule has 7 heteroatoms. The molecule has 1 aliphatic rings. The summed E-state index contributed by atoms with van der Waals surface area (Å²) in [6.45, 7) is 1.91. The van der Waals surface area contributed by atoms with Gasteiger partial charge in [-0.2, -0.15) is 0 Å². The van der Waals surface area contributed by atoms with Crippen LogP contribution in [0.1, 0.15) is 19.3 Å². The zero-order valence-corrected chi connectivity index (χ0v) is 13.2. The van der Waals surface area contributed by atoms with Crippen molar-refractivity contribution in [3.63, 3.8) is 0 Å². The van der Waals surface area contributed by atoms with Gasteiger partial charge in [-0.15, -0.1) is 11.3 Å². The molecule has 2 aromatic rings. The first kappa shape index (κ1) is 14.3. The summed E-state index contributed by atoms with van der Waals surface area (Å²) >= 11 is 1.21. The van der Waals surface area contributed by atoms with Gasteiger partial charge in [0.2, 0.25) is 0 Å². The van der Waals surface area contributed by atoms with Gasteiger partial charge in [-0.05, 0) is 36.8 Å². The van der Waals surface area contributed by atoms with Gasteiger partial charge in [-0.25, -0.2) is 8.42 Å². The molecular formula is C14H17N3O2S2. The van der Waals surface area contributed by atoms with E-state index in [4.69, 9.17) is 0 Å². The summed E-state index contributed by atoms with van der Waals surface area (Å²) in [5.41, 5.74) is 1.46. The molecule has 112 valence electrons. The van der Waals surface area contributed by atoms with Crippen LogP contribution in [0, 0.1) is 0 Å². The first-order chi connectivity index (χ1) is 10.2. The van der Waals surface area contributed by atoms with Crippen LogP contribution in [0.4, 0.5) is 11.4 Å². The van der Waals surface area contributed by atoms with Crippen LogP contribution < -0.4 is 9.62 Å². The third-order valence-corrected chi connectivity index (χ3v) is 6.26. The molecule has 1 aliphatic heterocycles. The van der Waals surface area contributed by atoms with Crippen molar-refractivity contribution in [2.45, 2.75) is 23.5 Å². The van der Waals surface area contributed by atoms with Crippen LogP contribution in [0.15, 0.2) is 40.2 Å². The lowest BCUT2D eigenvalue weighted by Gasteiger charge is -2.30. The lowest BCUT2D eigenvalue weighted by molar-refractivity contribution is 0.578. The van der Waals surface area contributed by atoms with E-state index in [1.165, 1.54) is 17.8 Å². The summed E-state index contributed by atoms with van der Waals surface area (Å²) in [6.07, 6.45) is 6.79. The summed E-state index contributed by atoms with van der Waals surface area (Å²) in [5.74, 6) is 0. The Kier molecular flexibility index (Phi) is 4.12. The van der Waals surface area contributed by atoms with Crippen LogP contribution in [-0.4, -0.2) is 26.5 Å². The molecule has 0 radical (unpaired) electrons. The number of hydrogen-bond acceptors (Lipinski definition) is 5. The van der Waals surface area contributed by atoms with Gasteiger partial charge in [-0.3, -0.25) is 9.71 Å². The summed E-state index contributed by atoms with van der Waals surface area (Å²) < 4.78 is 27.7. The molecule has 1 fully saturated rings. The van der Waals surface area contributed by atoms with Crippen molar-refractivity contribution in [3.05, 3.63) is 36.0 Å². The molecule has 0 bridgehead atoms. The molecule has 0 saturated carbocycles. The Labute approximate surface area is 128 Å². The normalized spacial score (nSPS) is 15.9. The van der Waals surface area contributed by atoms with Crippen molar-refractivity contribution >= 4 is 32.7 Å². The highest BCUT2D eigenvalue weighted by Gasteiger charge is 2.20. The number of anilines is 2. The van der Waals surface area contributed by atoms with Gasteiger partial charge in [0, 0.05) is 19.3 Å². The Morgan fingerprint density at radius 2 is 2.00 bits per heavy atom. The zero-order chi connectivity index (χ0) is 14.7. The van der Waals surface area contributed by atoms with Gasteiger partial charge in [0.25, 0.3) is 10.0 Å². The van der Waals surface area contributed by atoms with E-state index >= 15 is 0 Å². The molecule has 0 spiro atoms. The topological polar surface area (TPSA) is 62.3 Å². The predicted octanol–water partition coefficient (Wildman–Crippen LogP) is 2.93. The molecular weight excluding hydrogens is 306 g/mol.